The van der Waals surface area contributed by atoms with Crippen molar-refractivity contribution in [2.24, 2.45) is 5.73 Å². The first kappa shape index (κ1) is 11.6. The van der Waals surface area contributed by atoms with Gasteiger partial charge in [-0.1, -0.05) is 25.7 Å². The third-order valence-electron chi connectivity index (χ3n) is 1.53. The van der Waals surface area contributed by atoms with E-state index in [9.17, 15) is 0 Å². The molecule has 0 aliphatic heterocycles. The van der Waals surface area contributed by atoms with Crippen LogP contribution in [-0.2, 0) is 5.75 Å². The highest BCUT2D eigenvalue weighted by Gasteiger charge is 1.99. The number of thioether (sulfide) groups is 1. The van der Waals surface area contributed by atoms with Crippen LogP contribution in [-0.4, -0.2) is 11.8 Å². The van der Waals surface area contributed by atoms with Crippen LogP contribution < -0.4 is 5.73 Å². The first-order chi connectivity index (χ1) is 6.72. The van der Waals surface area contributed by atoms with Crippen molar-refractivity contribution in [3.8, 4) is 11.8 Å². The molecule has 14 heavy (non-hydrogen) atoms. The van der Waals surface area contributed by atoms with Gasteiger partial charge in [0.2, 0.25) is 0 Å². The summed E-state index contributed by atoms with van der Waals surface area (Å²) in [6.07, 6.45) is 0. The zero-order valence-corrected chi connectivity index (χ0v) is 10.2. The van der Waals surface area contributed by atoms with Crippen LogP contribution in [0.4, 0.5) is 0 Å². The summed E-state index contributed by atoms with van der Waals surface area (Å²) < 4.78 is 0. The van der Waals surface area contributed by atoms with Crippen LogP contribution in [0.2, 0.25) is 0 Å². The highest BCUT2D eigenvalue weighted by molar-refractivity contribution is 7.99. The minimum absolute atomic E-state index is 0.438. The summed E-state index contributed by atoms with van der Waals surface area (Å²) in [5.74, 6) is 7.00. The molecule has 1 aromatic rings. The van der Waals surface area contributed by atoms with Gasteiger partial charge in [0.05, 0.1) is 11.4 Å². The molecule has 0 saturated heterocycles. The van der Waals surface area contributed by atoms with Crippen molar-refractivity contribution in [1.29, 1.82) is 0 Å². The van der Waals surface area contributed by atoms with E-state index in [4.69, 9.17) is 5.73 Å². The fourth-order valence-electron chi connectivity index (χ4n) is 0.910. The molecule has 1 heterocycles. The second kappa shape index (κ2) is 6.13. The number of rotatable bonds is 3. The Balaban J connectivity index is 2.51. The van der Waals surface area contributed by atoms with Crippen molar-refractivity contribution < 1.29 is 0 Å². The van der Waals surface area contributed by atoms with E-state index in [-0.39, 0.29) is 0 Å². The molecule has 2 N–H and O–H groups in total. The van der Waals surface area contributed by atoms with Crippen LogP contribution in [0.5, 0.6) is 0 Å². The van der Waals surface area contributed by atoms with Crippen LogP contribution in [0.25, 0.3) is 0 Å². The van der Waals surface area contributed by atoms with Gasteiger partial charge in [0.1, 0.15) is 0 Å². The van der Waals surface area contributed by atoms with Crippen molar-refractivity contribution in [1.82, 2.24) is 0 Å². The van der Waals surface area contributed by atoms with Crippen molar-refractivity contribution in [3.05, 3.63) is 21.9 Å². The van der Waals surface area contributed by atoms with E-state index in [2.05, 4.69) is 37.8 Å². The molecule has 1 nitrogen and oxygen atoms in total. The molecule has 0 bridgehead atoms. The van der Waals surface area contributed by atoms with E-state index >= 15 is 0 Å². The Labute approximate surface area is 94.1 Å². The average molecular weight is 225 g/mol. The van der Waals surface area contributed by atoms with E-state index < -0.39 is 0 Å². The molecule has 0 radical (unpaired) electrons. The van der Waals surface area contributed by atoms with Gasteiger partial charge in [-0.15, -0.1) is 11.3 Å². The van der Waals surface area contributed by atoms with Gasteiger partial charge in [0.25, 0.3) is 0 Å². The summed E-state index contributed by atoms with van der Waals surface area (Å²) in [5, 5.41) is 0.690. The van der Waals surface area contributed by atoms with Gasteiger partial charge in [-0.25, -0.2) is 0 Å². The van der Waals surface area contributed by atoms with Gasteiger partial charge in [0.15, 0.2) is 0 Å². The molecule has 0 unspecified atom stereocenters. The van der Waals surface area contributed by atoms with E-state index in [1.54, 1.807) is 11.3 Å². The van der Waals surface area contributed by atoms with E-state index in [1.807, 2.05) is 11.8 Å². The third kappa shape index (κ3) is 4.19. The number of nitrogens with two attached hydrogens (primary N) is 1. The summed E-state index contributed by atoms with van der Waals surface area (Å²) in [6.45, 7) is 4.87. The molecule has 0 saturated carbocycles. The van der Waals surface area contributed by atoms with Gasteiger partial charge in [-0.05, 0) is 17.4 Å². The molecule has 1 aromatic heterocycles. The third-order valence-corrected chi connectivity index (χ3v) is 3.86. The lowest BCUT2D eigenvalue weighted by atomic mass is 10.4. The lowest BCUT2D eigenvalue weighted by Gasteiger charge is -2.00. The highest BCUT2D eigenvalue weighted by atomic mass is 32.2. The molecule has 0 amide bonds. The van der Waals surface area contributed by atoms with Crippen molar-refractivity contribution in [2.45, 2.75) is 24.9 Å². The van der Waals surface area contributed by atoms with Crippen LogP contribution in [0.3, 0.4) is 0 Å². The fraction of sp³-hybridized carbons (Fsp3) is 0.455. The van der Waals surface area contributed by atoms with E-state index in [0.29, 0.717) is 11.8 Å². The Morgan fingerprint density at radius 2 is 2.29 bits per heavy atom. The van der Waals surface area contributed by atoms with Gasteiger partial charge in [-0.2, -0.15) is 11.8 Å². The van der Waals surface area contributed by atoms with Gasteiger partial charge >= 0.3 is 0 Å². The smallest absolute Gasteiger partial charge is 0.0772 e. The minimum Gasteiger partial charge on any atom is -0.320 e. The number of thiophene rings is 1. The van der Waals surface area contributed by atoms with Crippen molar-refractivity contribution >= 4 is 23.1 Å². The van der Waals surface area contributed by atoms with E-state index in [0.717, 1.165) is 10.6 Å². The van der Waals surface area contributed by atoms with Crippen LogP contribution in [0, 0.1) is 11.8 Å². The predicted molar refractivity (Wildman–Crippen MR) is 66.7 cm³/mol. The second-order valence-corrected chi connectivity index (χ2v) is 5.86. The quantitative estimate of drug-likeness (QED) is 0.800. The monoisotopic (exact) mass is 225 g/mol. The number of hydrogen-bond acceptors (Lipinski definition) is 3. The van der Waals surface area contributed by atoms with Crippen molar-refractivity contribution in [2.75, 3.05) is 6.54 Å². The Morgan fingerprint density at radius 3 is 2.93 bits per heavy atom. The summed E-state index contributed by atoms with van der Waals surface area (Å²) >= 11 is 3.72. The first-order valence-electron chi connectivity index (χ1n) is 4.61. The first-order valence-corrected chi connectivity index (χ1v) is 6.48. The molecule has 0 fully saturated rings. The molecular weight excluding hydrogens is 210 g/mol. The zero-order chi connectivity index (χ0) is 10.4. The average Bonchev–Trinajstić information content (AvgIpc) is 2.59. The SMILES string of the molecule is CC(C)SCc1ccc(C#CCN)s1. The minimum atomic E-state index is 0.438. The molecule has 76 valence electrons. The Hall–Kier alpha value is -0.430. The summed E-state index contributed by atoms with van der Waals surface area (Å²) in [6, 6.07) is 4.23. The molecule has 0 atom stereocenters. The topological polar surface area (TPSA) is 26.0 Å². The zero-order valence-electron chi connectivity index (χ0n) is 8.54. The van der Waals surface area contributed by atoms with Gasteiger partial charge < -0.3 is 5.73 Å². The molecule has 0 spiro atoms. The molecule has 0 aromatic carbocycles. The van der Waals surface area contributed by atoms with E-state index in [1.165, 1.54) is 4.88 Å². The normalized spacial score (nSPS) is 10.0. The highest BCUT2D eigenvalue weighted by Crippen LogP contribution is 2.23. The van der Waals surface area contributed by atoms with Gasteiger partial charge in [0, 0.05) is 10.6 Å². The standard InChI is InChI=1S/C11H15NS2/c1-9(2)13-8-11-6-5-10(14-11)4-3-7-12/h5-6,9H,7-8,12H2,1-2H3. The Morgan fingerprint density at radius 1 is 1.50 bits per heavy atom. The molecule has 1 rings (SSSR count). The predicted octanol–water partition coefficient (Wildman–Crippen LogP) is 2.70. The maximum Gasteiger partial charge on any atom is 0.0772 e. The number of hydrogen-bond donors (Lipinski definition) is 1. The van der Waals surface area contributed by atoms with Gasteiger partial charge in [-0.3, -0.25) is 0 Å². The van der Waals surface area contributed by atoms with Crippen LogP contribution in [0.1, 0.15) is 23.6 Å². The summed E-state index contributed by atoms with van der Waals surface area (Å²) in [7, 11) is 0. The molecular formula is C11H15NS2. The molecule has 0 aliphatic rings. The maximum absolute atomic E-state index is 5.31. The van der Waals surface area contributed by atoms with Crippen LogP contribution >= 0.6 is 23.1 Å². The maximum atomic E-state index is 5.31. The fourth-order valence-corrected chi connectivity index (χ4v) is 2.62. The molecule has 0 aliphatic carbocycles. The summed E-state index contributed by atoms with van der Waals surface area (Å²) in [4.78, 5) is 2.51. The second-order valence-electron chi connectivity index (χ2n) is 3.13. The Kier molecular flexibility index (Phi) is 5.10. The summed E-state index contributed by atoms with van der Waals surface area (Å²) in [5.41, 5.74) is 5.31. The largest absolute Gasteiger partial charge is 0.320 e. The Bertz CT molecular complexity index is 331. The lowest BCUT2D eigenvalue weighted by Crippen LogP contribution is -1.92. The lowest BCUT2D eigenvalue weighted by molar-refractivity contribution is 1.11. The van der Waals surface area contributed by atoms with Crippen molar-refractivity contribution in [3.63, 3.8) is 0 Å². The molecule has 3 heteroatoms. The van der Waals surface area contributed by atoms with Crippen LogP contribution in [0.15, 0.2) is 12.1 Å².